The highest BCUT2D eigenvalue weighted by atomic mass is 32.2. The third-order valence-electron chi connectivity index (χ3n) is 3.58. The van der Waals surface area contributed by atoms with Crippen molar-refractivity contribution in [2.24, 2.45) is 0 Å². The monoisotopic (exact) mass is 280 g/mol. The number of benzene rings is 1. The number of nitriles is 1. The van der Waals surface area contributed by atoms with Crippen molar-refractivity contribution in [2.75, 3.05) is 7.05 Å². The number of nitrogens with zero attached hydrogens (tertiary/aromatic N) is 2. The summed E-state index contributed by atoms with van der Waals surface area (Å²) in [4.78, 5) is 0.262. The minimum atomic E-state index is -3.49. The van der Waals surface area contributed by atoms with Crippen molar-refractivity contribution in [3.63, 3.8) is 0 Å². The lowest BCUT2D eigenvalue weighted by Crippen LogP contribution is -2.44. The number of hydrogen-bond donors (Lipinski definition) is 0. The third kappa shape index (κ3) is 3.34. The molecule has 1 rings (SSSR count). The minimum absolute atomic E-state index is 0.262. The molecule has 0 saturated heterocycles. The summed E-state index contributed by atoms with van der Waals surface area (Å²) in [7, 11) is -1.89. The second-order valence-corrected chi connectivity index (χ2v) is 7.09. The molecule has 0 N–H and O–H groups in total. The molecule has 0 aromatic heterocycles. The van der Waals surface area contributed by atoms with Crippen LogP contribution in [0, 0.1) is 11.3 Å². The molecule has 0 aliphatic carbocycles. The van der Waals surface area contributed by atoms with Crippen LogP contribution < -0.4 is 0 Å². The van der Waals surface area contributed by atoms with Crippen molar-refractivity contribution in [3.05, 3.63) is 29.8 Å². The first-order valence-corrected chi connectivity index (χ1v) is 7.64. The van der Waals surface area contributed by atoms with E-state index in [2.05, 4.69) is 0 Å². The molecule has 0 fully saturated rings. The van der Waals surface area contributed by atoms with Gasteiger partial charge in [-0.1, -0.05) is 19.1 Å². The Kier molecular flexibility index (Phi) is 4.72. The molecule has 0 spiro atoms. The van der Waals surface area contributed by atoms with E-state index in [4.69, 9.17) is 5.26 Å². The molecule has 104 valence electrons. The van der Waals surface area contributed by atoms with E-state index in [0.29, 0.717) is 0 Å². The molecule has 0 bridgehead atoms. The van der Waals surface area contributed by atoms with Crippen LogP contribution >= 0.6 is 0 Å². The first-order chi connectivity index (χ1) is 8.75. The van der Waals surface area contributed by atoms with Gasteiger partial charge in [0.15, 0.2) is 0 Å². The van der Waals surface area contributed by atoms with E-state index in [0.717, 1.165) is 12.0 Å². The van der Waals surface area contributed by atoms with Gasteiger partial charge in [0.25, 0.3) is 0 Å². The normalized spacial score (nSPS) is 12.4. The molecule has 0 unspecified atom stereocenters. The Morgan fingerprint density at radius 3 is 2.21 bits per heavy atom. The molecule has 1 aromatic carbocycles. The molecule has 0 aliphatic heterocycles. The Morgan fingerprint density at radius 2 is 1.79 bits per heavy atom. The van der Waals surface area contributed by atoms with Gasteiger partial charge in [-0.05, 0) is 38.0 Å². The maximum absolute atomic E-state index is 12.5. The van der Waals surface area contributed by atoms with Crippen LogP contribution in [0.3, 0.4) is 0 Å². The van der Waals surface area contributed by atoms with Crippen LogP contribution in [0.5, 0.6) is 0 Å². The van der Waals surface area contributed by atoms with Gasteiger partial charge in [-0.25, -0.2) is 8.42 Å². The largest absolute Gasteiger partial charge is 0.243 e. The molecular weight excluding hydrogens is 260 g/mol. The summed E-state index contributed by atoms with van der Waals surface area (Å²) in [6, 6.07) is 8.52. The van der Waals surface area contributed by atoms with E-state index >= 15 is 0 Å². The standard InChI is InChI=1S/C14H20N2O2S/c1-5-14(2,3)16(4)19(17,18)13-8-6-12(7-9-13)10-11-15/h6-9H,5,10H2,1-4H3. The van der Waals surface area contributed by atoms with Gasteiger partial charge in [0, 0.05) is 12.6 Å². The first-order valence-electron chi connectivity index (χ1n) is 6.20. The number of sulfonamides is 1. The van der Waals surface area contributed by atoms with E-state index in [1.807, 2.05) is 26.8 Å². The zero-order valence-corrected chi connectivity index (χ0v) is 12.7. The molecule has 19 heavy (non-hydrogen) atoms. The summed E-state index contributed by atoms with van der Waals surface area (Å²) in [6.45, 7) is 5.76. The smallest absolute Gasteiger partial charge is 0.207 e. The van der Waals surface area contributed by atoms with E-state index in [-0.39, 0.29) is 11.3 Å². The SMILES string of the molecule is CCC(C)(C)N(C)S(=O)(=O)c1ccc(CC#N)cc1. The summed E-state index contributed by atoms with van der Waals surface area (Å²) in [6.07, 6.45) is 1.02. The van der Waals surface area contributed by atoms with Crippen LogP contribution in [0.4, 0.5) is 0 Å². The molecule has 0 amide bonds. The van der Waals surface area contributed by atoms with E-state index < -0.39 is 15.6 Å². The summed E-state index contributed by atoms with van der Waals surface area (Å²) in [5.74, 6) is 0. The van der Waals surface area contributed by atoms with Gasteiger partial charge in [0.2, 0.25) is 10.0 Å². The Balaban J connectivity index is 3.11. The molecule has 4 nitrogen and oxygen atoms in total. The van der Waals surface area contributed by atoms with Crippen LogP contribution in [-0.4, -0.2) is 25.3 Å². The predicted octanol–water partition coefficient (Wildman–Crippen LogP) is 2.56. The molecule has 0 radical (unpaired) electrons. The lowest BCUT2D eigenvalue weighted by molar-refractivity contribution is 0.257. The Morgan fingerprint density at radius 1 is 1.26 bits per heavy atom. The fraction of sp³-hybridized carbons (Fsp3) is 0.500. The highest BCUT2D eigenvalue weighted by molar-refractivity contribution is 7.89. The zero-order chi connectivity index (χ0) is 14.7. The predicted molar refractivity (Wildman–Crippen MR) is 75.1 cm³/mol. The van der Waals surface area contributed by atoms with Crippen molar-refractivity contribution >= 4 is 10.0 Å². The average Bonchev–Trinajstić information content (AvgIpc) is 2.39. The Labute approximate surface area is 115 Å². The molecule has 5 heteroatoms. The highest BCUT2D eigenvalue weighted by Crippen LogP contribution is 2.25. The van der Waals surface area contributed by atoms with Crippen LogP contribution in [0.1, 0.15) is 32.8 Å². The zero-order valence-electron chi connectivity index (χ0n) is 11.8. The van der Waals surface area contributed by atoms with Crippen LogP contribution in [0.15, 0.2) is 29.2 Å². The molecule has 0 saturated carbocycles. The van der Waals surface area contributed by atoms with E-state index in [1.54, 1.807) is 31.3 Å². The second kappa shape index (κ2) is 5.72. The fourth-order valence-electron chi connectivity index (χ4n) is 1.58. The molecule has 1 aromatic rings. The lowest BCUT2D eigenvalue weighted by atomic mass is 10.0. The van der Waals surface area contributed by atoms with Crippen molar-refractivity contribution in [3.8, 4) is 6.07 Å². The van der Waals surface area contributed by atoms with Gasteiger partial charge >= 0.3 is 0 Å². The van der Waals surface area contributed by atoms with Gasteiger partial charge < -0.3 is 0 Å². The highest BCUT2D eigenvalue weighted by Gasteiger charge is 2.32. The van der Waals surface area contributed by atoms with Gasteiger partial charge in [-0.3, -0.25) is 0 Å². The van der Waals surface area contributed by atoms with E-state index in [9.17, 15) is 8.42 Å². The molecule has 0 aliphatic rings. The van der Waals surface area contributed by atoms with Gasteiger partial charge in [-0.15, -0.1) is 0 Å². The van der Waals surface area contributed by atoms with Gasteiger partial charge in [0.1, 0.15) is 0 Å². The molecule has 0 atom stereocenters. The second-order valence-electron chi connectivity index (χ2n) is 5.12. The van der Waals surface area contributed by atoms with E-state index in [1.165, 1.54) is 4.31 Å². The lowest BCUT2D eigenvalue weighted by Gasteiger charge is -2.33. The first kappa shape index (κ1) is 15.7. The van der Waals surface area contributed by atoms with Crippen LogP contribution in [-0.2, 0) is 16.4 Å². The van der Waals surface area contributed by atoms with Crippen LogP contribution in [0.25, 0.3) is 0 Å². The third-order valence-corrected chi connectivity index (χ3v) is 5.67. The maximum Gasteiger partial charge on any atom is 0.243 e. The van der Waals surface area contributed by atoms with Crippen molar-refractivity contribution in [2.45, 2.75) is 44.0 Å². The number of rotatable bonds is 5. The molecule has 0 heterocycles. The van der Waals surface area contributed by atoms with Crippen molar-refractivity contribution < 1.29 is 8.42 Å². The quantitative estimate of drug-likeness (QED) is 0.832. The van der Waals surface area contributed by atoms with Gasteiger partial charge in [-0.2, -0.15) is 9.57 Å². The average molecular weight is 280 g/mol. The van der Waals surface area contributed by atoms with Crippen molar-refractivity contribution in [1.82, 2.24) is 4.31 Å². The Hall–Kier alpha value is -1.38. The maximum atomic E-state index is 12.5. The summed E-state index contributed by atoms with van der Waals surface area (Å²) in [5.41, 5.74) is 0.392. The summed E-state index contributed by atoms with van der Waals surface area (Å²) >= 11 is 0. The summed E-state index contributed by atoms with van der Waals surface area (Å²) in [5, 5.41) is 8.60. The number of hydrogen-bond acceptors (Lipinski definition) is 3. The molecular formula is C14H20N2O2S. The summed E-state index contributed by atoms with van der Waals surface area (Å²) < 4.78 is 26.3. The topological polar surface area (TPSA) is 61.2 Å². The van der Waals surface area contributed by atoms with Crippen LogP contribution in [0.2, 0.25) is 0 Å². The van der Waals surface area contributed by atoms with Crippen molar-refractivity contribution in [1.29, 1.82) is 5.26 Å². The minimum Gasteiger partial charge on any atom is -0.207 e. The fourth-order valence-corrected chi connectivity index (χ4v) is 3.15. The van der Waals surface area contributed by atoms with Gasteiger partial charge in [0.05, 0.1) is 17.4 Å². The Bertz CT molecular complexity index is 568.